The van der Waals surface area contributed by atoms with Gasteiger partial charge in [0.1, 0.15) is 17.5 Å². The number of methoxy groups -OCH3 is 1. The third-order valence-electron chi connectivity index (χ3n) is 3.71. The first-order chi connectivity index (χ1) is 12.2. The summed E-state index contributed by atoms with van der Waals surface area (Å²) >= 11 is 1.27. The Hall–Kier alpha value is -3.27. The summed E-state index contributed by atoms with van der Waals surface area (Å²) < 4.78 is 11.7. The highest BCUT2D eigenvalue weighted by Gasteiger charge is 2.40. The Morgan fingerprint density at radius 2 is 2.24 bits per heavy atom. The topological polar surface area (TPSA) is 112 Å². The maximum absolute atomic E-state index is 13.1. The van der Waals surface area contributed by atoms with E-state index in [9.17, 15) is 9.59 Å². The van der Waals surface area contributed by atoms with Crippen molar-refractivity contribution in [3.63, 3.8) is 0 Å². The number of furan rings is 1. The normalized spacial score (nSPS) is 16.3. The number of tetrazole rings is 1. The molecule has 25 heavy (non-hydrogen) atoms. The number of carbonyl (C=O) groups excluding carboxylic acids is 2. The lowest BCUT2D eigenvalue weighted by molar-refractivity contribution is -0.136. The summed E-state index contributed by atoms with van der Waals surface area (Å²) in [5.41, 5.74) is 0.147. The molecule has 0 aliphatic carbocycles. The van der Waals surface area contributed by atoms with Crippen LogP contribution in [-0.2, 0) is 9.53 Å². The second-order valence-electron chi connectivity index (χ2n) is 5.08. The maximum Gasteiger partial charge on any atom is 0.355 e. The van der Waals surface area contributed by atoms with Gasteiger partial charge in [-0.2, -0.15) is 4.68 Å². The highest BCUT2D eigenvalue weighted by Crippen LogP contribution is 2.37. The Bertz CT molecular complexity index is 958. The molecule has 9 nitrogen and oxygen atoms in total. The van der Waals surface area contributed by atoms with Crippen LogP contribution < -0.4 is 5.32 Å². The minimum absolute atomic E-state index is 0.00963. The monoisotopic (exact) mass is 357 g/mol. The van der Waals surface area contributed by atoms with Crippen LogP contribution >= 0.6 is 11.3 Å². The van der Waals surface area contributed by atoms with Crippen molar-refractivity contribution in [3.8, 4) is 0 Å². The Balaban J connectivity index is 1.95. The third-order valence-corrected chi connectivity index (χ3v) is 4.58. The molecule has 1 aliphatic rings. The molecular weight excluding hydrogens is 346 g/mol. The van der Waals surface area contributed by atoms with Gasteiger partial charge in [-0.1, -0.05) is 11.2 Å². The van der Waals surface area contributed by atoms with Gasteiger partial charge in [-0.15, -0.1) is 11.3 Å². The molecule has 1 N–H and O–H groups in total. The molecule has 0 saturated heterocycles. The summed E-state index contributed by atoms with van der Waals surface area (Å²) in [6.45, 7) is 0. The lowest BCUT2D eigenvalue weighted by Gasteiger charge is -2.26. The third kappa shape index (κ3) is 2.43. The number of esters is 1. The van der Waals surface area contributed by atoms with E-state index in [0.29, 0.717) is 10.6 Å². The van der Waals surface area contributed by atoms with Crippen molar-refractivity contribution in [3.05, 3.63) is 57.8 Å². The Morgan fingerprint density at radius 1 is 1.36 bits per heavy atom. The number of thiophene rings is 1. The molecule has 0 aromatic carbocycles. The molecule has 0 bridgehead atoms. The molecule has 4 heterocycles. The second kappa shape index (κ2) is 5.98. The molecule has 126 valence electrons. The number of nitrogens with zero attached hydrogens (tertiary/aromatic N) is 4. The van der Waals surface area contributed by atoms with E-state index in [1.165, 1.54) is 29.4 Å². The van der Waals surface area contributed by atoms with Crippen LogP contribution in [0, 0.1) is 0 Å². The molecule has 0 fully saturated rings. The number of hydrogen-bond donors (Lipinski definition) is 1. The molecular formula is C15H11N5O4S. The van der Waals surface area contributed by atoms with Gasteiger partial charge >= 0.3 is 5.97 Å². The minimum Gasteiger partial charge on any atom is -0.467 e. The SMILES string of the molecule is COC(=O)C1=C(C(=O)c2cccs2)C(c2ccco2)n2nnnc2N1. The van der Waals surface area contributed by atoms with Crippen LogP contribution in [-0.4, -0.2) is 39.1 Å². The number of aromatic nitrogens is 4. The van der Waals surface area contributed by atoms with Crippen LogP contribution in [0.5, 0.6) is 0 Å². The van der Waals surface area contributed by atoms with Crippen molar-refractivity contribution < 1.29 is 18.7 Å². The Labute approximate surface area is 144 Å². The smallest absolute Gasteiger partial charge is 0.355 e. The predicted molar refractivity (Wildman–Crippen MR) is 86.0 cm³/mol. The molecule has 3 aromatic rings. The summed E-state index contributed by atoms with van der Waals surface area (Å²) in [4.78, 5) is 25.9. The predicted octanol–water partition coefficient (Wildman–Crippen LogP) is 1.65. The number of anilines is 1. The van der Waals surface area contributed by atoms with E-state index < -0.39 is 12.0 Å². The number of fused-ring (bicyclic) bond motifs is 1. The number of nitrogens with one attached hydrogen (secondary N) is 1. The van der Waals surface area contributed by atoms with Gasteiger partial charge in [0.05, 0.1) is 23.8 Å². The number of ether oxygens (including phenoxy) is 1. The number of allylic oxidation sites excluding steroid dienone is 1. The Kier molecular flexibility index (Phi) is 3.65. The van der Waals surface area contributed by atoms with Crippen LogP contribution in [0.15, 0.2) is 51.6 Å². The zero-order chi connectivity index (χ0) is 17.4. The molecule has 1 unspecified atom stereocenters. The average molecular weight is 357 g/mol. The van der Waals surface area contributed by atoms with Crippen molar-refractivity contribution in [1.29, 1.82) is 0 Å². The van der Waals surface area contributed by atoms with E-state index in [2.05, 4.69) is 20.8 Å². The van der Waals surface area contributed by atoms with E-state index in [1.807, 2.05) is 0 Å². The van der Waals surface area contributed by atoms with Crippen LogP contribution in [0.1, 0.15) is 21.5 Å². The first kappa shape index (κ1) is 15.3. The lowest BCUT2D eigenvalue weighted by Crippen LogP contribution is -2.32. The second-order valence-corrected chi connectivity index (χ2v) is 6.02. The minimum atomic E-state index is -0.787. The molecule has 4 rings (SSSR count). The first-order valence-electron chi connectivity index (χ1n) is 7.19. The van der Waals surface area contributed by atoms with Gasteiger partial charge in [0.2, 0.25) is 11.7 Å². The zero-order valence-electron chi connectivity index (χ0n) is 12.9. The quantitative estimate of drug-likeness (QED) is 0.554. The molecule has 10 heteroatoms. The standard InChI is InChI=1S/C15H11N5O4S/c1-23-14(22)11-10(13(21)9-5-3-7-25-9)12(8-4-2-6-24-8)20-15(16-11)17-18-19-20/h2-7,12H,1H3,(H,16,17,19). The number of rotatable bonds is 4. The number of Topliss-reactive ketones (excluding diaryl/α,β-unsaturated/α-hetero) is 1. The first-order valence-corrected chi connectivity index (χ1v) is 8.07. The molecule has 0 saturated carbocycles. The summed E-state index contributed by atoms with van der Waals surface area (Å²) in [7, 11) is 1.24. The van der Waals surface area contributed by atoms with Crippen molar-refractivity contribution in [2.45, 2.75) is 6.04 Å². The summed E-state index contributed by atoms with van der Waals surface area (Å²) in [6.07, 6.45) is 1.48. The van der Waals surface area contributed by atoms with Crippen molar-refractivity contribution >= 4 is 29.0 Å². The van der Waals surface area contributed by atoms with Crippen LogP contribution in [0.25, 0.3) is 0 Å². The molecule has 1 aliphatic heterocycles. The van der Waals surface area contributed by atoms with E-state index in [-0.39, 0.29) is 23.0 Å². The van der Waals surface area contributed by atoms with Crippen molar-refractivity contribution in [2.75, 3.05) is 12.4 Å². The molecule has 0 spiro atoms. The van der Waals surface area contributed by atoms with E-state index in [1.54, 1.807) is 29.6 Å². The fraction of sp³-hybridized carbons (Fsp3) is 0.133. The van der Waals surface area contributed by atoms with E-state index >= 15 is 0 Å². The van der Waals surface area contributed by atoms with Gasteiger partial charge in [-0.25, -0.2) is 4.79 Å². The molecule has 1 atom stereocenters. The number of ketones is 1. The fourth-order valence-corrected chi connectivity index (χ4v) is 3.32. The maximum atomic E-state index is 13.1. The van der Waals surface area contributed by atoms with Crippen LogP contribution in [0.2, 0.25) is 0 Å². The van der Waals surface area contributed by atoms with Crippen molar-refractivity contribution in [2.24, 2.45) is 0 Å². The van der Waals surface area contributed by atoms with Gasteiger partial charge in [0.25, 0.3) is 0 Å². The van der Waals surface area contributed by atoms with Crippen LogP contribution in [0.3, 0.4) is 0 Å². The van der Waals surface area contributed by atoms with Gasteiger partial charge in [0.15, 0.2) is 0 Å². The molecule has 0 amide bonds. The summed E-state index contributed by atoms with van der Waals surface area (Å²) in [6, 6.07) is 6.04. The highest BCUT2D eigenvalue weighted by atomic mass is 32.1. The van der Waals surface area contributed by atoms with Gasteiger partial charge in [-0.3, -0.25) is 4.79 Å². The number of carbonyl (C=O) groups is 2. The lowest BCUT2D eigenvalue weighted by atomic mass is 9.95. The van der Waals surface area contributed by atoms with Crippen LogP contribution in [0.4, 0.5) is 5.95 Å². The summed E-state index contributed by atoms with van der Waals surface area (Å²) in [5.74, 6) is -0.378. The fourth-order valence-electron chi connectivity index (χ4n) is 2.64. The highest BCUT2D eigenvalue weighted by molar-refractivity contribution is 7.12. The van der Waals surface area contributed by atoms with Gasteiger partial charge < -0.3 is 14.5 Å². The Morgan fingerprint density at radius 3 is 2.92 bits per heavy atom. The van der Waals surface area contributed by atoms with Gasteiger partial charge in [-0.05, 0) is 34.0 Å². The molecule has 0 radical (unpaired) electrons. The number of hydrogen-bond acceptors (Lipinski definition) is 9. The van der Waals surface area contributed by atoms with E-state index in [4.69, 9.17) is 9.15 Å². The average Bonchev–Trinajstić information content (AvgIpc) is 3.40. The largest absolute Gasteiger partial charge is 0.467 e. The van der Waals surface area contributed by atoms with E-state index in [0.717, 1.165) is 0 Å². The van der Waals surface area contributed by atoms with Crippen molar-refractivity contribution in [1.82, 2.24) is 20.2 Å². The van der Waals surface area contributed by atoms with Gasteiger partial charge in [0, 0.05) is 0 Å². The summed E-state index contributed by atoms with van der Waals surface area (Å²) in [5, 5.41) is 15.9. The molecule has 3 aromatic heterocycles. The zero-order valence-corrected chi connectivity index (χ0v) is 13.7.